The number of hydrogen-bond acceptors (Lipinski definition) is 4. The molecule has 0 atom stereocenters. The second-order valence-corrected chi connectivity index (χ2v) is 8.43. The van der Waals surface area contributed by atoms with Crippen molar-refractivity contribution in [3.05, 3.63) is 59.0 Å². The van der Waals surface area contributed by atoms with Crippen LogP contribution in [-0.2, 0) is 28.4 Å². The first-order valence-electron chi connectivity index (χ1n) is 8.18. The van der Waals surface area contributed by atoms with Gasteiger partial charge in [0.25, 0.3) is 0 Å². The summed E-state index contributed by atoms with van der Waals surface area (Å²) in [4.78, 5) is 24.9. The second kappa shape index (κ2) is 7.01. The van der Waals surface area contributed by atoms with Gasteiger partial charge in [-0.1, -0.05) is 12.1 Å². The number of fused-ring (bicyclic) bond motifs is 1. The molecule has 1 amide bonds. The standard InChI is InChI=1S/C18H20N4O4S/c1-20(2)27(25,26)14-10-8-13(9-11-14)19-17(23)12-22-16-7-5-4-6-15(16)21(3)18(22)24/h4-11H,12H2,1-3H3,(H,19,23). The lowest BCUT2D eigenvalue weighted by molar-refractivity contribution is -0.116. The second-order valence-electron chi connectivity index (χ2n) is 6.28. The molecule has 0 saturated carbocycles. The Balaban J connectivity index is 1.80. The van der Waals surface area contributed by atoms with Crippen molar-refractivity contribution in [3.8, 4) is 0 Å². The maximum atomic E-state index is 12.4. The van der Waals surface area contributed by atoms with E-state index in [0.29, 0.717) is 11.2 Å². The molecule has 3 rings (SSSR count). The van der Waals surface area contributed by atoms with E-state index in [1.807, 2.05) is 12.1 Å². The number of para-hydroxylation sites is 2. The summed E-state index contributed by atoms with van der Waals surface area (Å²) in [5.74, 6) is -0.378. The zero-order chi connectivity index (χ0) is 19.8. The van der Waals surface area contributed by atoms with Gasteiger partial charge in [0.05, 0.1) is 15.9 Å². The number of aromatic nitrogens is 2. The summed E-state index contributed by atoms with van der Waals surface area (Å²) < 4.78 is 28.1. The fourth-order valence-corrected chi connectivity index (χ4v) is 3.68. The first-order chi connectivity index (χ1) is 12.7. The summed E-state index contributed by atoms with van der Waals surface area (Å²) in [6, 6.07) is 13.1. The van der Waals surface area contributed by atoms with E-state index in [9.17, 15) is 18.0 Å². The molecule has 2 aromatic carbocycles. The normalized spacial score (nSPS) is 11.9. The van der Waals surface area contributed by atoms with Crippen molar-refractivity contribution in [3.63, 3.8) is 0 Å². The van der Waals surface area contributed by atoms with Gasteiger partial charge in [0.15, 0.2) is 0 Å². The highest BCUT2D eigenvalue weighted by molar-refractivity contribution is 7.89. The Morgan fingerprint density at radius 3 is 2.22 bits per heavy atom. The molecule has 1 aromatic heterocycles. The van der Waals surface area contributed by atoms with Crippen LogP contribution in [0.2, 0.25) is 0 Å². The Kier molecular flexibility index (Phi) is 4.90. The molecular weight excluding hydrogens is 368 g/mol. The molecule has 27 heavy (non-hydrogen) atoms. The third-order valence-corrected chi connectivity index (χ3v) is 6.10. The van der Waals surface area contributed by atoms with Gasteiger partial charge in [-0.05, 0) is 36.4 Å². The van der Waals surface area contributed by atoms with E-state index in [4.69, 9.17) is 0 Å². The molecule has 8 nitrogen and oxygen atoms in total. The number of rotatable bonds is 5. The molecule has 0 bridgehead atoms. The molecule has 1 N–H and O–H groups in total. The van der Waals surface area contributed by atoms with Gasteiger partial charge in [-0.3, -0.25) is 13.9 Å². The summed E-state index contributed by atoms with van der Waals surface area (Å²) in [5.41, 5.74) is 1.59. The highest BCUT2D eigenvalue weighted by atomic mass is 32.2. The Morgan fingerprint density at radius 1 is 1.04 bits per heavy atom. The molecule has 3 aromatic rings. The average molecular weight is 388 g/mol. The number of nitrogens with zero attached hydrogens (tertiary/aromatic N) is 3. The van der Waals surface area contributed by atoms with Gasteiger partial charge in [0.2, 0.25) is 15.9 Å². The fourth-order valence-electron chi connectivity index (χ4n) is 2.78. The first-order valence-corrected chi connectivity index (χ1v) is 9.62. The van der Waals surface area contributed by atoms with Gasteiger partial charge >= 0.3 is 5.69 Å². The zero-order valence-electron chi connectivity index (χ0n) is 15.2. The molecule has 0 unspecified atom stereocenters. The van der Waals surface area contributed by atoms with Crippen LogP contribution >= 0.6 is 0 Å². The molecule has 0 aliphatic rings. The van der Waals surface area contributed by atoms with Crippen LogP contribution in [0.3, 0.4) is 0 Å². The summed E-state index contributed by atoms with van der Waals surface area (Å²) in [7, 11) is 1.03. The van der Waals surface area contributed by atoms with Crippen molar-refractivity contribution in [2.75, 3.05) is 19.4 Å². The van der Waals surface area contributed by atoms with Crippen LogP contribution in [0.1, 0.15) is 0 Å². The molecule has 0 aliphatic carbocycles. The van der Waals surface area contributed by atoms with E-state index in [2.05, 4.69) is 5.32 Å². The Bertz CT molecular complexity index is 1160. The molecule has 0 aliphatic heterocycles. The third-order valence-electron chi connectivity index (χ3n) is 4.27. The maximum Gasteiger partial charge on any atom is 0.329 e. The number of nitrogens with one attached hydrogen (secondary N) is 1. The molecule has 0 radical (unpaired) electrons. The van der Waals surface area contributed by atoms with E-state index in [1.54, 1.807) is 19.2 Å². The van der Waals surface area contributed by atoms with Gasteiger partial charge in [0.1, 0.15) is 6.54 Å². The van der Waals surface area contributed by atoms with Gasteiger partial charge in [-0.15, -0.1) is 0 Å². The Morgan fingerprint density at radius 2 is 1.63 bits per heavy atom. The van der Waals surface area contributed by atoms with Crippen LogP contribution in [0, 0.1) is 0 Å². The van der Waals surface area contributed by atoms with Crippen molar-refractivity contribution in [2.24, 2.45) is 7.05 Å². The van der Waals surface area contributed by atoms with E-state index < -0.39 is 10.0 Å². The van der Waals surface area contributed by atoms with Crippen LogP contribution in [0.5, 0.6) is 0 Å². The van der Waals surface area contributed by atoms with Crippen molar-refractivity contribution in [2.45, 2.75) is 11.4 Å². The number of carbonyl (C=O) groups excluding carboxylic acids is 1. The zero-order valence-corrected chi connectivity index (χ0v) is 16.0. The van der Waals surface area contributed by atoms with E-state index in [-0.39, 0.29) is 23.0 Å². The SMILES string of the molecule is CN(C)S(=O)(=O)c1ccc(NC(=O)Cn2c(=O)n(C)c3ccccc32)cc1. The van der Waals surface area contributed by atoms with Gasteiger partial charge < -0.3 is 5.32 Å². The smallest absolute Gasteiger partial charge is 0.325 e. The highest BCUT2D eigenvalue weighted by Crippen LogP contribution is 2.17. The van der Waals surface area contributed by atoms with Crippen molar-refractivity contribution < 1.29 is 13.2 Å². The van der Waals surface area contributed by atoms with E-state index in [0.717, 1.165) is 9.82 Å². The van der Waals surface area contributed by atoms with Crippen molar-refractivity contribution in [1.29, 1.82) is 0 Å². The number of anilines is 1. The van der Waals surface area contributed by atoms with Crippen molar-refractivity contribution >= 4 is 32.7 Å². The Hall–Kier alpha value is -2.91. The molecular formula is C18H20N4O4S. The predicted molar refractivity (Wildman–Crippen MR) is 103 cm³/mol. The monoisotopic (exact) mass is 388 g/mol. The molecule has 0 spiro atoms. The third kappa shape index (κ3) is 3.51. The van der Waals surface area contributed by atoms with Crippen LogP contribution in [0.25, 0.3) is 11.0 Å². The van der Waals surface area contributed by atoms with Crippen LogP contribution < -0.4 is 11.0 Å². The number of hydrogen-bond donors (Lipinski definition) is 1. The number of benzene rings is 2. The maximum absolute atomic E-state index is 12.4. The number of sulfonamides is 1. The summed E-state index contributed by atoms with van der Waals surface area (Å²) >= 11 is 0. The largest absolute Gasteiger partial charge is 0.329 e. The number of aryl methyl sites for hydroxylation is 1. The van der Waals surface area contributed by atoms with E-state index >= 15 is 0 Å². The number of amides is 1. The van der Waals surface area contributed by atoms with Crippen LogP contribution in [0.4, 0.5) is 5.69 Å². The minimum absolute atomic E-state index is 0.135. The lowest BCUT2D eigenvalue weighted by Crippen LogP contribution is -2.28. The first kappa shape index (κ1) is 18.9. The van der Waals surface area contributed by atoms with Gasteiger partial charge in [0, 0.05) is 26.8 Å². The topological polar surface area (TPSA) is 93.4 Å². The summed E-state index contributed by atoms with van der Waals surface area (Å²) in [5, 5.41) is 2.68. The predicted octanol–water partition coefficient (Wildman–Crippen LogP) is 1.23. The lowest BCUT2D eigenvalue weighted by atomic mass is 10.3. The van der Waals surface area contributed by atoms with Gasteiger partial charge in [-0.25, -0.2) is 17.5 Å². The molecule has 1 heterocycles. The molecule has 142 valence electrons. The number of imidazole rings is 1. The average Bonchev–Trinajstić information content (AvgIpc) is 2.87. The highest BCUT2D eigenvalue weighted by Gasteiger charge is 2.17. The summed E-state index contributed by atoms with van der Waals surface area (Å²) in [6.45, 7) is -0.141. The van der Waals surface area contributed by atoms with Crippen molar-refractivity contribution in [1.82, 2.24) is 13.4 Å². The lowest BCUT2D eigenvalue weighted by Gasteiger charge is -2.12. The Labute approximate surface area is 156 Å². The minimum atomic E-state index is -3.53. The minimum Gasteiger partial charge on any atom is -0.325 e. The van der Waals surface area contributed by atoms with Crippen LogP contribution in [-0.4, -0.2) is 41.9 Å². The fraction of sp³-hybridized carbons (Fsp3) is 0.222. The quantitative estimate of drug-likeness (QED) is 0.711. The summed E-state index contributed by atoms with van der Waals surface area (Å²) in [6.07, 6.45) is 0. The van der Waals surface area contributed by atoms with E-state index in [1.165, 1.54) is 47.5 Å². The number of carbonyl (C=O) groups is 1. The van der Waals surface area contributed by atoms with Crippen LogP contribution in [0.15, 0.2) is 58.2 Å². The van der Waals surface area contributed by atoms with Gasteiger partial charge in [-0.2, -0.15) is 0 Å². The molecule has 0 saturated heterocycles. The molecule has 0 fully saturated rings. The molecule has 9 heteroatoms.